The van der Waals surface area contributed by atoms with Gasteiger partial charge in [0.15, 0.2) is 0 Å². The highest BCUT2D eigenvalue weighted by atomic mass is 15.2. The van der Waals surface area contributed by atoms with Crippen LogP contribution in [-0.4, -0.2) is 23.5 Å². The van der Waals surface area contributed by atoms with Crippen molar-refractivity contribution >= 4 is 0 Å². The minimum Gasteiger partial charge on any atom is -0.285 e. The van der Waals surface area contributed by atoms with Crippen LogP contribution in [0.1, 0.15) is 51.9 Å². The van der Waals surface area contributed by atoms with Crippen molar-refractivity contribution in [3.63, 3.8) is 0 Å². The molecule has 0 amide bonds. The first-order valence-electron chi connectivity index (χ1n) is 6.43. The average molecular weight is 206 g/mol. The van der Waals surface area contributed by atoms with E-state index in [-0.39, 0.29) is 5.54 Å². The SMILES string of the molecule is CC1CCCN(C2(C#N)CCCCC2)C1. The van der Waals surface area contributed by atoms with Gasteiger partial charge in [-0.3, -0.25) is 4.90 Å². The van der Waals surface area contributed by atoms with E-state index >= 15 is 0 Å². The number of hydrogen-bond donors (Lipinski definition) is 0. The lowest BCUT2D eigenvalue weighted by molar-refractivity contribution is 0.0571. The predicted molar refractivity (Wildman–Crippen MR) is 61.4 cm³/mol. The lowest BCUT2D eigenvalue weighted by Gasteiger charge is -2.44. The van der Waals surface area contributed by atoms with E-state index in [2.05, 4.69) is 17.9 Å². The van der Waals surface area contributed by atoms with Crippen molar-refractivity contribution in [2.45, 2.75) is 57.4 Å². The van der Waals surface area contributed by atoms with Gasteiger partial charge in [-0.2, -0.15) is 5.26 Å². The van der Waals surface area contributed by atoms with E-state index in [1.54, 1.807) is 0 Å². The number of rotatable bonds is 1. The first-order chi connectivity index (χ1) is 7.27. The van der Waals surface area contributed by atoms with Crippen LogP contribution >= 0.6 is 0 Å². The molecule has 2 nitrogen and oxygen atoms in total. The molecular formula is C13H22N2. The maximum atomic E-state index is 9.49. The molecule has 1 saturated carbocycles. The second-order valence-electron chi connectivity index (χ2n) is 5.40. The molecule has 0 aromatic carbocycles. The molecule has 0 N–H and O–H groups in total. The van der Waals surface area contributed by atoms with E-state index in [0.717, 1.165) is 31.8 Å². The average Bonchev–Trinajstić information content (AvgIpc) is 2.30. The van der Waals surface area contributed by atoms with Crippen LogP contribution in [-0.2, 0) is 0 Å². The Labute approximate surface area is 93.3 Å². The smallest absolute Gasteiger partial charge is 0.109 e. The van der Waals surface area contributed by atoms with E-state index in [1.807, 2.05) is 0 Å². The van der Waals surface area contributed by atoms with Gasteiger partial charge >= 0.3 is 0 Å². The molecule has 1 aliphatic carbocycles. The molecule has 1 heterocycles. The van der Waals surface area contributed by atoms with Gasteiger partial charge < -0.3 is 0 Å². The van der Waals surface area contributed by atoms with Crippen molar-refractivity contribution in [1.82, 2.24) is 4.90 Å². The maximum absolute atomic E-state index is 9.49. The largest absolute Gasteiger partial charge is 0.285 e. The summed E-state index contributed by atoms with van der Waals surface area (Å²) < 4.78 is 0. The highest BCUT2D eigenvalue weighted by Crippen LogP contribution is 2.35. The Morgan fingerprint density at radius 2 is 1.93 bits per heavy atom. The van der Waals surface area contributed by atoms with Crippen LogP contribution in [0.5, 0.6) is 0 Å². The summed E-state index contributed by atoms with van der Waals surface area (Å²) in [6.45, 7) is 4.62. The van der Waals surface area contributed by atoms with Gasteiger partial charge in [-0.25, -0.2) is 0 Å². The summed E-state index contributed by atoms with van der Waals surface area (Å²) in [5.41, 5.74) is -0.0903. The molecule has 1 unspecified atom stereocenters. The number of nitrogens with zero attached hydrogens (tertiary/aromatic N) is 2. The second-order valence-corrected chi connectivity index (χ2v) is 5.40. The molecule has 1 saturated heterocycles. The van der Waals surface area contributed by atoms with Crippen molar-refractivity contribution in [3.8, 4) is 6.07 Å². The van der Waals surface area contributed by atoms with Crippen molar-refractivity contribution in [1.29, 1.82) is 5.26 Å². The van der Waals surface area contributed by atoms with Gasteiger partial charge in [0.2, 0.25) is 0 Å². The van der Waals surface area contributed by atoms with Crippen LogP contribution in [0.3, 0.4) is 0 Å². The number of hydrogen-bond acceptors (Lipinski definition) is 2. The van der Waals surface area contributed by atoms with Crippen molar-refractivity contribution in [3.05, 3.63) is 0 Å². The first-order valence-corrected chi connectivity index (χ1v) is 6.43. The fraction of sp³-hybridized carbons (Fsp3) is 0.923. The number of nitriles is 1. The van der Waals surface area contributed by atoms with E-state index in [1.165, 1.54) is 32.1 Å². The zero-order valence-corrected chi connectivity index (χ0v) is 9.84. The van der Waals surface area contributed by atoms with E-state index < -0.39 is 0 Å². The third kappa shape index (κ3) is 2.18. The van der Waals surface area contributed by atoms with Crippen molar-refractivity contribution in [2.24, 2.45) is 5.92 Å². The normalized spacial score (nSPS) is 32.1. The molecule has 2 rings (SSSR count). The Morgan fingerprint density at radius 1 is 1.20 bits per heavy atom. The van der Waals surface area contributed by atoms with Crippen LogP contribution in [0.25, 0.3) is 0 Å². The molecule has 1 aliphatic heterocycles. The molecule has 2 fully saturated rings. The zero-order chi connectivity index (χ0) is 10.7. The lowest BCUT2D eigenvalue weighted by atomic mass is 9.79. The van der Waals surface area contributed by atoms with Crippen LogP contribution < -0.4 is 0 Å². The summed E-state index contributed by atoms with van der Waals surface area (Å²) in [5, 5.41) is 9.49. The Bertz CT molecular complexity index is 248. The minimum atomic E-state index is -0.0903. The third-order valence-corrected chi connectivity index (χ3v) is 4.15. The van der Waals surface area contributed by atoms with Gasteiger partial charge in [-0.1, -0.05) is 26.2 Å². The summed E-state index contributed by atoms with van der Waals surface area (Å²) in [6, 6.07) is 2.63. The predicted octanol–water partition coefficient (Wildman–Crippen LogP) is 2.94. The minimum absolute atomic E-state index is 0.0903. The third-order valence-electron chi connectivity index (χ3n) is 4.15. The molecule has 0 spiro atoms. The maximum Gasteiger partial charge on any atom is 0.109 e. The molecule has 0 aromatic rings. The van der Waals surface area contributed by atoms with Gasteiger partial charge in [0.25, 0.3) is 0 Å². The molecule has 1 atom stereocenters. The van der Waals surface area contributed by atoms with E-state index in [4.69, 9.17) is 0 Å². The van der Waals surface area contributed by atoms with Crippen LogP contribution in [0.15, 0.2) is 0 Å². The van der Waals surface area contributed by atoms with Crippen LogP contribution in [0.4, 0.5) is 0 Å². The lowest BCUT2D eigenvalue weighted by Crippen LogP contribution is -2.52. The van der Waals surface area contributed by atoms with Gasteiger partial charge in [-0.15, -0.1) is 0 Å². The molecule has 84 valence electrons. The molecule has 0 bridgehead atoms. The van der Waals surface area contributed by atoms with Crippen LogP contribution in [0, 0.1) is 17.2 Å². The molecular weight excluding hydrogens is 184 g/mol. The Kier molecular flexibility index (Phi) is 3.31. The first kappa shape index (κ1) is 11.0. The highest BCUT2D eigenvalue weighted by Gasteiger charge is 2.39. The van der Waals surface area contributed by atoms with Gasteiger partial charge in [0.1, 0.15) is 5.54 Å². The topological polar surface area (TPSA) is 27.0 Å². The Morgan fingerprint density at radius 3 is 2.53 bits per heavy atom. The highest BCUT2D eigenvalue weighted by molar-refractivity contribution is 5.10. The van der Waals surface area contributed by atoms with E-state index in [9.17, 15) is 5.26 Å². The zero-order valence-electron chi connectivity index (χ0n) is 9.84. The summed E-state index contributed by atoms with van der Waals surface area (Å²) in [6.07, 6.45) is 8.67. The summed E-state index contributed by atoms with van der Waals surface area (Å²) in [4.78, 5) is 2.49. The summed E-state index contributed by atoms with van der Waals surface area (Å²) in [7, 11) is 0. The number of piperidine rings is 1. The monoisotopic (exact) mass is 206 g/mol. The van der Waals surface area contributed by atoms with Gasteiger partial charge in [0.05, 0.1) is 6.07 Å². The summed E-state index contributed by atoms with van der Waals surface area (Å²) >= 11 is 0. The fourth-order valence-corrected chi connectivity index (χ4v) is 3.21. The van der Waals surface area contributed by atoms with Crippen molar-refractivity contribution in [2.75, 3.05) is 13.1 Å². The molecule has 0 radical (unpaired) electrons. The Hall–Kier alpha value is -0.550. The fourth-order valence-electron chi connectivity index (χ4n) is 3.21. The van der Waals surface area contributed by atoms with E-state index in [0.29, 0.717) is 0 Å². The molecule has 2 heteroatoms. The molecule has 15 heavy (non-hydrogen) atoms. The molecule has 0 aromatic heterocycles. The number of likely N-dealkylation sites (tertiary alicyclic amines) is 1. The second kappa shape index (κ2) is 4.53. The summed E-state index contributed by atoms with van der Waals surface area (Å²) in [5.74, 6) is 0.783. The standard InChI is InChI=1S/C13H22N2/c1-12-6-5-9-15(10-12)13(11-14)7-3-2-4-8-13/h12H,2-10H2,1H3. The van der Waals surface area contributed by atoms with Gasteiger partial charge in [0, 0.05) is 6.54 Å². The Balaban J connectivity index is 2.07. The molecule has 2 aliphatic rings. The quantitative estimate of drug-likeness (QED) is 0.659. The van der Waals surface area contributed by atoms with Crippen molar-refractivity contribution < 1.29 is 0 Å². The van der Waals surface area contributed by atoms with Crippen LogP contribution in [0.2, 0.25) is 0 Å². The van der Waals surface area contributed by atoms with Gasteiger partial charge in [-0.05, 0) is 38.1 Å².